The molecule has 0 radical (unpaired) electrons. The average Bonchev–Trinajstić information content (AvgIpc) is 3.01. The van der Waals surface area contributed by atoms with Crippen LogP contribution < -0.4 is 20.4 Å². The summed E-state index contributed by atoms with van der Waals surface area (Å²) in [4.78, 5) is 17.1. The number of piperazine rings is 1. The number of fused-ring (bicyclic) bond motifs is 3. The van der Waals surface area contributed by atoms with E-state index in [4.69, 9.17) is 9.97 Å². The van der Waals surface area contributed by atoms with Gasteiger partial charge in [0, 0.05) is 63.3 Å². The Morgan fingerprint density at radius 3 is 2.46 bits per heavy atom. The molecular weight excluding hydrogens is 490 g/mol. The number of phenols is 1. The van der Waals surface area contributed by atoms with Crippen molar-refractivity contribution in [3.63, 3.8) is 0 Å². The minimum absolute atomic E-state index is 0.228. The van der Waals surface area contributed by atoms with E-state index in [1.807, 2.05) is 18.2 Å². The average molecular weight is 528 g/mol. The Kier molecular flexibility index (Phi) is 6.65. The molecule has 4 aliphatic heterocycles. The molecular formula is C29H37N9O. The summed E-state index contributed by atoms with van der Waals surface area (Å²) in [5.74, 6) is 2.53. The van der Waals surface area contributed by atoms with Crippen molar-refractivity contribution in [3.8, 4) is 17.0 Å². The number of piperidine rings is 2. The number of nitrogens with zero attached hydrogens (tertiary/aromatic N) is 7. The van der Waals surface area contributed by atoms with Gasteiger partial charge in [0.15, 0.2) is 5.82 Å². The highest BCUT2D eigenvalue weighted by Crippen LogP contribution is 2.36. The molecule has 0 amide bonds. The third kappa shape index (κ3) is 4.87. The van der Waals surface area contributed by atoms with Gasteiger partial charge in [-0.1, -0.05) is 12.1 Å². The first-order valence-corrected chi connectivity index (χ1v) is 14.4. The van der Waals surface area contributed by atoms with Crippen LogP contribution in [0.2, 0.25) is 0 Å². The molecule has 7 rings (SSSR count). The molecule has 0 spiro atoms. The van der Waals surface area contributed by atoms with Gasteiger partial charge in [0.05, 0.1) is 17.4 Å². The maximum atomic E-state index is 10.3. The zero-order valence-corrected chi connectivity index (χ0v) is 22.3. The molecule has 4 aliphatic rings. The zero-order valence-electron chi connectivity index (χ0n) is 22.3. The minimum atomic E-state index is 0.228. The van der Waals surface area contributed by atoms with Gasteiger partial charge in [-0.25, -0.2) is 9.97 Å². The molecule has 0 saturated carbocycles. The monoisotopic (exact) mass is 527 g/mol. The van der Waals surface area contributed by atoms with Gasteiger partial charge in [-0.15, -0.1) is 10.2 Å². The molecule has 3 aromatic rings. The highest BCUT2D eigenvalue weighted by atomic mass is 16.3. The van der Waals surface area contributed by atoms with E-state index < -0.39 is 0 Å². The number of hydrogen-bond acceptors (Lipinski definition) is 10. The molecule has 3 fully saturated rings. The Morgan fingerprint density at radius 2 is 1.67 bits per heavy atom. The molecule has 0 unspecified atom stereocenters. The smallest absolute Gasteiger partial charge is 0.225 e. The molecule has 3 N–H and O–H groups in total. The van der Waals surface area contributed by atoms with Crippen LogP contribution in [0.5, 0.6) is 5.75 Å². The van der Waals surface area contributed by atoms with Crippen LogP contribution in [0.3, 0.4) is 0 Å². The summed E-state index contributed by atoms with van der Waals surface area (Å²) in [6.07, 6.45) is 8.75. The predicted octanol–water partition coefficient (Wildman–Crippen LogP) is 2.69. The number of aromatic nitrogens is 4. The topological polar surface area (TPSA) is 106 Å². The fourth-order valence-corrected chi connectivity index (χ4v) is 6.76. The van der Waals surface area contributed by atoms with Gasteiger partial charge in [0.1, 0.15) is 5.75 Å². The lowest BCUT2D eigenvalue weighted by atomic mass is 9.92. The first-order valence-electron chi connectivity index (χ1n) is 14.4. The lowest BCUT2D eigenvalue weighted by Gasteiger charge is -2.49. The van der Waals surface area contributed by atoms with E-state index in [-0.39, 0.29) is 5.75 Å². The summed E-state index contributed by atoms with van der Waals surface area (Å²) in [6, 6.07) is 10.4. The Morgan fingerprint density at radius 1 is 0.872 bits per heavy atom. The SMILES string of the molecule is Oc1ccccc1-c1cc2c(nn1)NC[C@H]1CN(C3CCN(c4ncc(C5CCNCC5)cn4)CC3)CCN21. The largest absolute Gasteiger partial charge is 0.507 e. The van der Waals surface area contributed by atoms with Crippen LogP contribution in [-0.4, -0.2) is 94.6 Å². The zero-order chi connectivity index (χ0) is 26.2. The van der Waals surface area contributed by atoms with Gasteiger partial charge in [-0.05, 0) is 68.5 Å². The number of rotatable bonds is 4. The lowest BCUT2D eigenvalue weighted by Crippen LogP contribution is -2.61. The van der Waals surface area contributed by atoms with E-state index >= 15 is 0 Å². The molecule has 3 saturated heterocycles. The van der Waals surface area contributed by atoms with Crippen molar-refractivity contribution < 1.29 is 5.11 Å². The van der Waals surface area contributed by atoms with Crippen molar-refractivity contribution in [1.82, 2.24) is 30.4 Å². The molecule has 0 bridgehead atoms. The second kappa shape index (κ2) is 10.6. The van der Waals surface area contributed by atoms with E-state index in [9.17, 15) is 5.11 Å². The third-order valence-corrected chi connectivity index (χ3v) is 9.01. The maximum absolute atomic E-state index is 10.3. The molecule has 10 heteroatoms. The van der Waals surface area contributed by atoms with Gasteiger partial charge in [-0.3, -0.25) is 4.90 Å². The number of nitrogens with one attached hydrogen (secondary N) is 2. The summed E-state index contributed by atoms with van der Waals surface area (Å²) in [6.45, 7) is 8.09. The summed E-state index contributed by atoms with van der Waals surface area (Å²) in [5, 5.41) is 26.1. The van der Waals surface area contributed by atoms with Crippen molar-refractivity contribution in [2.45, 2.75) is 43.7 Å². The molecule has 6 heterocycles. The fourth-order valence-electron chi connectivity index (χ4n) is 6.76. The summed E-state index contributed by atoms with van der Waals surface area (Å²) in [5.41, 5.74) is 3.79. The van der Waals surface area contributed by atoms with Crippen LogP contribution >= 0.6 is 0 Å². The summed E-state index contributed by atoms with van der Waals surface area (Å²) >= 11 is 0. The standard InChI is InChI=1S/C29H37N9O/c39-27-4-2-1-3-24(27)25-15-26-28(35-34-25)31-18-23-19-37(13-14-38(23)26)22-7-11-36(12-8-22)29-32-16-21(17-33-29)20-5-9-30-10-6-20/h1-4,15-17,20,22-23,30,39H,5-14,18-19H2,(H,31,35)/t23-/m0/s1. The van der Waals surface area contributed by atoms with Crippen molar-refractivity contribution in [2.75, 3.05) is 67.5 Å². The van der Waals surface area contributed by atoms with Crippen molar-refractivity contribution >= 4 is 17.5 Å². The maximum Gasteiger partial charge on any atom is 0.225 e. The number of benzene rings is 1. The van der Waals surface area contributed by atoms with E-state index in [0.29, 0.717) is 29.3 Å². The second-order valence-corrected chi connectivity index (χ2v) is 11.3. The number of para-hydroxylation sites is 1. The minimum Gasteiger partial charge on any atom is -0.507 e. The molecule has 204 valence electrons. The van der Waals surface area contributed by atoms with Crippen LogP contribution in [0, 0.1) is 0 Å². The normalized spacial score (nSPS) is 22.7. The number of anilines is 3. The molecule has 1 atom stereocenters. The second-order valence-electron chi connectivity index (χ2n) is 11.3. The Hall–Kier alpha value is -3.50. The van der Waals surface area contributed by atoms with E-state index in [1.165, 1.54) is 18.4 Å². The first kappa shape index (κ1) is 24.5. The lowest BCUT2D eigenvalue weighted by molar-refractivity contribution is 0.140. The fraction of sp³-hybridized carbons (Fsp3) is 0.517. The van der Waals surface area contributed by atoms with E-state index in [1.54, 1.807) is 6.07 Å². The van der Waals surface area contributed by atoms with Crippen molar-refractivity contribution in [3.05, 3.63) is 48.3 Å². The van der Waals surface area contributed by atoms with Gasteiger partial charge in [-0.2, -0.15) is 0 Å². The predicted molar refractivity (Wildman–Crippen MR) is 152 cm³/mol. The number of phenolic OH excluding ortho intramolecular Hbond substituents is 1. The molecule has 2 aromatic heterocycles. The van der Waals surface area contributed by atoms with Crippen LogP contribution in [-0.2, 0) is 0 Å². The van der Waals surface area contributed by atoms with Gasteiger partial charge in [0.2, 0.25) is 5.95 Å². The first-order chi connectivity index (χ1) is 19.2. The van der Waals surface area contributed by atoms with Crippen molar-refractivity contribution in [1.29, 1.82) is 0 Å². The van der Waals surface area contributed by atoms with Gasteiger partial charge < -0.3 is 25.5 Å². The third-order valence-electron chi connectivity index (χ3n) is 9.01. The number of aromatic hydroxyl groups is 1. The molecule has 0 aliphatic carbocycles. The summed E-state index contributed by atoms with van der Waals surface area (Å²) in [7, 11) is 0. The molecule has 1 aromatic carbocycles. The van der Waals surface area contributed by atoms with Crippen LogP contribution in [0.25, 0.3) is 11.3 Å². The van der Waals surface area contributed by atoms with Gasteiger partial charge >= 0.3 is 0 Å². The quantitative estimate of drug-likeness (QED) is 0.469. The number of hydrogen-bond donors (Lipinski definition) is 3. The highest BCUT2D eigenvalue weighted by molar-refractivity contribution is 5.76. The molecule has 39 heavy (non-hydrogen) atoms. The summed E-state index contributed by atoms with van der Waals surface area (Å²) < 4.78 is 0. The van der Waals surface area contributed by atoms with Crippen LogP contribution in [0.1, 0.15) is 37.2 Å². The van der Waals surface area contributed by atoms with E-state index in [2.05, 4.69) is 54.0 Å². The Bertz CT molecular complexity index is 1290. The molecule has 10 nitrogen and oxygen atoms in total. The van der Waals surface area contributed by atoms with Crippen LogP contribution in [0.15, 0.2) is 42.7 Å². The highest BCUT2D eigenvalue weighted by Gasteiger charge is 2.36. The van der Waals surface area contributed by atoms with Crippen molar-refractivity contribution in [2.24, 2.45) is 0 Å². The Labute approximate surface area is 229 Å². The Balaban J connectivity index is 0.973. The van der Waals surface area contributed by atoms with Crippen LogP contribution in [0.4, 0.5) is 17.5 Å². The van der Waals surface area contributed by atoms with E-state index in [0.717, 1.165) is 82.7 Å². The van der Waals surface area contributed by atoms with Gasteiger partial charge in [0.25, 0.3) is 0 Å².